The van der Waals surface area contributed by atoms with Crippen LogP contribution in [0.5, 0.6) is 0 Å². The molecule has 1 atom stereocenters. The maximum absolute atomic E-state index is 12.1. The van der Waals surface area contributed by atoms with Crippen molar-refractivity contribution in [1.82, 2.24) is 0 Å². The highest BCUT2D eigenvalue weighted by Crippen LogP contribution is 2.18. The van der Waals surface area contributed by atoms with E-state index in [9.17, 15) is 4.79 Å². The number of nitrogens with one attached hydrogen (secondary N) is 1. The normalized spacial score (nSPS) is 11.9. The fraction of sp³-hybridized carbons (Fsp3) is 0.133. The molecule has 0 heterocycles. The number of carbonyl (C=O) groups excluding carboxylic acids is 1. The minimum Gasteiger partial charge on any atom is -0.324 e. The molecule has 0 saturated carbocycles. The van der Waals surface area contributed by atoms with Gasteiger partial charge in [-0.1, -0.05) is 36.4 Å². The third-order valence-corrected chi connectivity index (χ3v) is 4.04. The van der Waals surface area contributed by atoms with Crippen molar-refractivity contribution < 1.29 is 4.79 Å². The lowest BCUT2D eigenvalue weighted by Gasteiger charge is -2.13. The Labute approximate surface area is 126 Å². The van der Waals surface area contributed by atoms with Gasteiger partial charge in [0.1, 0.15) is 6.04 Å². The van der Waals surface area contributed by atoms with Gasteiger partial charge in [0.2, 0.25) is 5.91 Å². The monoisotopic (exact) mass is 366 g/mol. The van der Waals surface area contributed by atoms with Gasteiger partial charge in [0.15, 0.2) is 0 Å². The maximum atomic E-state index is 12.1. The molecule has 0 aromatic heterocycles. The zero-order valence-corrected chi connectivity index (χ0v) is 12.7. The largest absolute Gasteiger partial charge is 0.324 e. The Balaban J connectivity index is 2.10. The van der Waals surface area contributed by atoms with E-state index in [4.69, 9.17) is 5.73 Å². The van der Waals surface area contributed by atoms with Gasteiger partial charge in [-0.25, -0.2) is 0 Å². The summed E-state index contributed by atoms with van der Waals surface area (Å²) in [7, 11) is 0. The standard InChI is InChI=1S/C15H15IN2O/c1-10-7-8-12(9-13(10)16)18-15(19)14(17)11-5-3-2-4-6-11/h2-9,14H,17H2,1H3,(H,18,19)/t14-/m1/s1. The first-order valence-electron chi connectivity index (χ1n) is 5.95. The van der Waals surface area contributed by atoms with Crippen LogP contribution in [0.4, 0.5) is 5.69 Å². The molecule has 4 heteroatoms. The molecule has 0 aliphatic rings. The van der Waals surface area contributed by atoms with Crippen molar-refractivity contribution >= 4 is 34.2 Å². The lowest BCUT2D eigenvalue weighted by Crippen LogP contribution is -2.27. The molecule has 3 N–H and O–H groups in total. The van der Waals surface area contributed by atoms with Crippen LogP contribution < -0.4 is 11.1 Å². The molecule has 0 unspecified atom stereocenters. The summed E-state index contributed by atoms with van der Waals surface area (Å²) in [5.41, 5.74) is 8.70. The number of hydrogen-bond acceptors (Lipinski definition) is 2. The number of anilines is 1. The van der Waals surface area contributed by atoms with Gasteiger partial charge in [0.25, 0.3) is 0 Å². The summed E-state index contributed by atoms with van der Waals surface area (Å²) in [6.45, 7) is 2.03. The smallest absolute Gasteiger partial charge is 0.245 e. The average molecular weight is 366 g/mol. The summed E-state index contributed by atoms with van der Waals surface area (Å²) in [6.07, 6.45) is 0. The van der Waals surface area contributed by atoms with Crippen LogP contribution in [0.2, 0.25) is 0 Å². The van der Waals surface area contributed by atoms with Gasteiger partial charge in [-0.2, -0.15) is 0 Å². The van der Waals surface area contributed by atoms with Gasteiger partial charge in [-0.05, 0) is 52.8 Å². The van der Waals surface area contributed by atoms with Gasteiger partial charge in [0, 0.05) is 9.26 Å². The van der Waals surface area contributed by atoms with Crippen molar-refractivity contribution in [3.8, 4) is 0 Å². The number of hydrogen-bond donors (Lipinski definition) is 2. The summed E-state index contributed by atoms with van der Waals surface area (Å²) in [5, 5.41) is 2.84. The average Bonchev–Trinajstić information content (AvgIpc) is 2.43. The van der Waals surface area contributed by atoms with E-state index in [1.54, 1.807) is 0 Å². The second-order valence-corrected chi connectivity index (χ2v) is 5.50. The highest BCUT2D eigenvalue weighted by molar-refractivity contribution is 14.1. The fourth-order valence-electron chi connectivity index (χ4n) is 1.70. The summed E-state index contributed by atoms with van der Waals surface area (Å²) in [6, 6.07) is 14.5. The summed E-state index contributed by atoms with van der Waals surface area (Å²) in [5.74, 6) is -0.203. The van der Waals surface area contributed by atoms with Crippen molar-refractivity contribution in [3.05, 3.63) is 63.2 Å². The lowest BCUT2D eigenvalue weighted by atomic mass is 10.1. The van der Waals surface area contributed by atoms with Crippen molar-refractivity contribution in [1.29, 1.82) is 0 Å². The summed E-state index contributed by atoms with van der Waals surface area (Å²) >= 11 is 2.24. The van der Waals surface area contributed by atoms with Crippen LogP contribution in [0.1, 0.15) is 17.2 Å². The van der Waals surface area contributed by atoms with E-state index >= 15 is 0 Å². The highest BCUT2D eigenvalue weighted by Gasteiger charge is 2.15. The van der Waals surface area contributed by atoms with Crippen LogP contribution in [-0.4, -0.2) is 5.91 Å². The van der Waals surface area contributed by atoms with E-state index in [1.165, 1.54) is 5.56 Å². The van der Waals surface area contributed by atoms with Crippen LogP contribution in [0.25, 0.3) is 0 Å². The van der Waals surface area contributed by atoms with Gasteiger partial charge in [-0.15, -0.1) is 0 Å². The van der Waals surface area contributed by atoms with E-state index < -0.39 is 6.04 Å². The molecule has 0 fully saturated rings. The minimum atomic E-state index is -0.653. The molecule has 0 spiro atoms. The van der Waals surface area contributed by atoms with Crippen LogP contribution in [0.3, 0.4) is 0 Å². The van der Waals surface area contributed by atoms with Crippen molar-refractivity contribution in [2.24, 2.45) is 5.73 Å². The molecule has 1 amide bonds. The molecule has 0 saturated heterocycles. The van der Waals surface area contributed by atoms with Crippen molar-refractivity contribution in [2.75, 3.05) is 5.32 Å². The van der Waals surface area contributed by atoms with Gasteiger partial charge in [0.05, 0.1) is 0 Å². The Bertz CT molecular complexity index is 584. The summed E-state index contributed by atoms with van der Waals surface area (Å²) in [4.78, 5) is 12.1. The van der Waals surface area contributed by atoms with Crippen molar-refractivity contribution in [2.45, 2.75) is 13.0 Å². The minimum absolute atomic E-state index is 0.203. The lowest BCUT2D eigenvalue weighted by molar-refractivity contribution is -0.117. The second kappa shape index (κ2) is 6.16. The molecule has 0 bridgehead atoms. The Morgan fingerprint density at radius 2 is 1.89 bits per heavy atom. The molecule has 98 valence electrons. The van der Waals surface area contributed by atoms with Crippen LogP contribution in [0, 0.1) is 10.5 Å². The number of carbonyl (C=O) groups is 1. The van der Waals surface area contributed by atoms with E-state index in [1.807, 2.05) is 55.5 Å². The molecule has 2 aromatic carbocycles. The summed E-state index contributed by atoms with van der Waals surface area (Å²) < 4.78 is 1.11. The molecule has 0 aliphatic heterocycles. The van der Waals surface area contributed by atoms with Gasteiger partial charge >= 0.3 is 0 Å². The van der Waals surface area contributed by atoms with E-state index in [2.05, 4.69) is 27.9 Å². The third-order valence-electron chi connectivity index (χ3n) is 2.88. The molecular formula is C15H15IN2O. The zero-order chi connectivity index (χ0) is 13.8. The fourth-order valence-corrected chi connectivity index (χ4v) is 2.22. The predicted octanol–water partition coefficient (Wildman–Crippen LogP) is 3.24. The molecule has 3 nitrogen and oxygen atoms in total. The van der Waals surface area contributed by atoms with Crippen LogP contribution >= 0.6 is 22.6 Å². The Kier molecular flexibility index (Phi) is 4.55. The number of aryl methyl sites for hydroxylation is 1. The number of halogens is 1. The van der Waals surface area contributed by atoms with Gasteiger partial charge in [-0.3, -0.25) is 4.79 Å². The third kappa shape index (κ3) is 3.54. The number of benzene rings is 2. The predicted molar refractivity (Wildman–Crippen MR) is 85.9 cm³/mol. The SMILES string of the molecule is Cc1ccc(NC(=O)[C@H](N)c2ccccc2)cc1I. The van der Waals surface area contributed by atoms with Crippen molar-refractivity contribution in [3.63, 3.8) is 0 Å². The van der Waals surface area contributed by atoms with E-state index in [-0.39, 0.29) is 5.91 Å². The van der Waals surface area contributed by atoms with Gasteiger partial charge < -0.3 is 11.1 Å². The number of rotatable bonds is 3. The van der Waals surface area contributed by atoms with E-state index in [0.29, 0.717) is 0 Å². The topological polar surface area (TPSA) is 55.1 Å². The Morgan fingerprint density at radius 3 is 2.53 bits per heavy atom. The molecule has 2 rings (SSSR count). The second-order valence-electron chi connectivity index (χ2n) is 4.34. The first-order chi connectivity index (χ1) is 9.08. The quantitative estimate of drug-likeness (QED) is 0.820. The Morgan fingerprint density at radius 1 is 1.21 bits per heavy atom. The van der Waals surface area contributed by atoms with E-state index in [0.717, 1.165) is 14.8 Å². The molecule has 2 aromatic rings. The van der Waals surface area contributed by atoms with Crippen LogP contribution in [-0.2, 0) is 4.79 Å². The number of nitrogens with two attached hydrogens (primary N) is 1. The molecule has 0 radical (unpaired) electrons. The maximum Gasteiger partial charge on any atom is 0.245 e. The zero-order valence-electron chi connectivity index (χ0n) is 10.6. The molecule has 19 heavy (non-hydrogen) atoms. The first-order valence-corrected chi connectivity index (χ1v) is 7.03. The molecular weight excluding hydrogens is 351 g/mol. The Hall–Kier alpha value is -1.40. The first kappa shape index (κ1) is 14.0. The highest BCUT2D eigenvalue weighted by atomic mass is 127. The number of amides is 1. The molecule has 0 aliphatic carbocycles. The van der Waals surface area contributed by atoms with Crippen LogP contribution in [0.15, 0.2) is 48.5 Å².